The third-order valence-electron chi connectivity index (χ3n) is 3.63. The molecule has 0 radical (unpaired) electrons. The number of benzene rings is 1. The number of amides is 1. The molecule has 0 bridgehead atoms. The lowest BCUT2D eigenvalue weighted by molar-refractivity contribution is -0.124. The van der Waals surface area contributed by atoms with Crippen LogP contribution in [0.2, 0.25) is 0 Å². The average molecular weight is 277 g/mol. The van der Waals surface area contributed by atoms with Gasteiger partial charge in [-0.05, 0) is 31.5 Å². The molecule has 1 aromatic carbocycles. The van der Waals surface area contributed by atoms with Gasteiger partial charge >= 0.3 is 0 Å². The molecule has 0 spiro atoms. The second-order valence-corrected chi connectivity index (χ2v) is 5.27. The Kier molecular flexibility index (Phi) is 4.98. The lowest BCUT2D eigenvalue weighted by Gasteiger charge is -2.29. The van der Waals surface area contributed by atoms with Gasteiger partial charge in [0.1, 0.15) is 5.75 Å². The maximum atomic E-state index is 12.2. The van der Waals surface area contributed by atoms with Crippen LogP contribution in [0.5, 0.6) is 5.75 Å². The first-order chi connectivity index (χ1) is 9.60. The molecule has 3 N–H and O–H groups in total. The predicted molar refractivity (Wildman–Crippen MR) is 78.8 cm³/mol. The molecule has 1 fully saturated rings. The monoisotopic (exact) mass is 277 g/mol. The summed E-state index contributed by atoms with van der Waals surface area (Å²) in [7, 11) is 1.64. The van der Waals surface area contributed by atoms with E-state index < -0.39 is 0 Å². The van der Waals surface area contributed by atoms with E-state index in [-0.39, 0.29) is 18.0 Å². The number of hydrogen-bond donors (Lipinski definition) is 3. The van der Waals surface area contributed by atoms with Gasteiger partial charge in [-0.25, -0.2) is 0 Å². The van der Waals surface area contributed by atoms with Crippen molar-refractivity contribution < 1.29 is 9.53 Å². The molecular formula is C15H23N3O2. The zero-order chi connectivity index (χ0) is 14.5. The summed E-state index contributed by atoms with van der Waals surface area (Å²) < 4.78 is 5.13. The van der Waals surface area contributed by atoms with E-state index >= 15 is 0 Å². The Bertz CT molecular complexity index is 439. The summed E-state index contributed by atoms with van der Waals surface area (Å²) in [5.41, 5.74) is 1.07. The van der Waals surface area contributed by atoms with Gasteiger partial charge < -0.3 is 20.7 Å². The number of piperazine rings is 1. The summed E-state index contributed by atoms with van der Waals surface area (Å²) in [5.74, 6) is 0.854. The summed E-state index contributed by atoms with van der Waals surface area (Å²) in [4.78, 5) is 12.2. The molecule has 5 nitrogen and oxygen atoms in total. The molecule has 1 saturated heterocycles. The fourth-order valence-corrected chi connectivity index (χ4v) is 2.26. The third-order valence-corrected chi connectivity index (χ3v) is 3.63. The zero-order valence-corrected chi connectivity index (χ0v) is 12.3. The van der Waals surface area contributed by atoms with Gasteiger partial charge in [0.05, 0.1) is 19.2 Å². The van der Waals surface area contributed by atoms with Crippen LogP contribution in [0.4, 0.5) is 0 Å². The Morgan fingerprint density at radius 3 is 2.55 bits per heavy atom. The molecule has 0 saturated carbocycles. The third kappa shape index (κ3) is 3.71. The summed E-state index contributed by atoms with van der Waals surface area (Å²) in [5, 5.41) is 9.59. The number of methoxy groups -OCH3 is 1. The topological polar surface area (TPSA) is 62.4 Å². The van der Waals surface area contributed by atoms with Crippen LogP contribution in [0.1, 0.15) is 25.5 Å². The Morgan fingerprint density at radius 1 is 1.30 bits per heavy atom. The van der Waals surface area contributed by atoms with Crippen LogP contribution in [-0.2, 0) is 4.79 Å². The van der Waals surface area contributed by atoms with E-state index in [1.807, 2.05) is 31.2 Å². The first-order valence-corrected chi connectivity index (χ1v) is 7.01. The quantitative estimate of drug-likeness (QED) is 0.762. The van der Waals surface area contributed by atoms with Gasteiger partial charge in [-0.2, -0.15) is 0 Å². The first kappa shape index (κ1) is 14.8. The van der Waals surface area contributed by atoms with Crippen molar-refractivity contribution in [2.24, 2.45) is 0 Å². The van der Waals surface area contributed by atoms with E-state index in [2.05, 4.69) is 22.9 Å². The highest BCUT2D eigenvalue weighted by Crippen LogP contribution is 2.17. The van der Waals surface area contributed by atoms with Gasteiger partial charge in [-0.1, -0.05) is 12.1 Å². The highest BCUT2D eigenvalue weighted by atomic mass is 16.5. The maximum absolute atomic E-state index is 12.2. The Morgan fingerprint density at radius 2 is 2.00 bits per heavy atom. The highest BCUT2D eigenvalue weighted by molar-refractivity contribution is 5.82. The molecule has 1 aliphatic rings. The minimum atomic E-state index is -0.160. The van der Waals surface area contributed by atoms with Gasteiger partial charge in [0.15, 0.2) is 0 Å². The fourth-order valence-electron chi connectivity index (χ4n) is 2.26. The van der Waals surface area contributed by atoms with E-state index in [1.165, 1.54) is 0 Å². The van der Waals surface area contributed by atoms with Crippen molar-refractivity contribution in [3.8, 4) is 5.75 Å². The van der Waals surface area contributed by atoms with E-state index in [1.54, 1.807) is 7.11 Å². The van der Waals surface area contributed by atoms with Gasteiger partial charge in [-0.15, -0.1) is 0 Å². The second kappa shape index (κ2) is 6.72. The van der Waals surface area contributed by atoms with Crippen LogP contribution in [0.25, 0.3) is 0 Å². The van der Waals surface area contributed by atoms with Crippen LogP contribution in [0.3, 0.4) is 0 Å². The standard InChI is InChI=1S/C15H23N3O2/c1-10-8-17-14(9-16-10)15(19)18-11(2)12-4-6-13(20-3)7-5-12/h4-7,10-11,14,16-17H,8-9H2,1-3H3,(H,18,19). The van der Waals surface area contributed by atoms with E-state index in [0.29, 0.717) is 12.6 Å². The average Bonchev–Trinajstić information content (AvgIpc) is 2.48. The smallest absolute Gasteiger partial charge is 0.238 e. The molecule has 1 amide bonds. The molecule has 0 aliphatic carbocycles. The number of rotatable bonds is 4. The molecule has 3 unspecified atom stereocenters. The van der Waals surface area contributed by atoms with E-state index in [0.717, 1.165) is 17.9 Å². The van der Waals surface area contributed by atoms with Crippen molar-refractivity contribution in [1.82, 2.24) is 16.0 Å². The number of carbonyl (C=O) groups excluding carboxylic acids is 1. The van der Waals surface area contributed by atoms with Crippen LogP contribution >= 0.6 is 0 Å². The minimum Gasteiger partial charge on any atom is -0.497 e. The molecule has 5 heteroatoms. The lowest BCUT2D eigenvalue weighted by Crippen LogP contribution is -2.59. The predicted octanol–water partition coefficient (Wildman–Crippen LogP) is 0.822. The summed E-state index contributed by atoms with van der Waals surface area (Å²) in [6, 6.07) is 7.98. The van der Waals surface area contributed by atoms with Crippen LogP contribution in [0.15, 0.2) is 24.3 Å². The van der Waals surface area contributed by atoms with Crippen LogP contribution in [0, 0.1) is 0 Å². The molecule has 1 heterocycles. The second-order valence-electron chi connectivity index (χ2n) is 5.27. The van der Waals surface area contributed by atoms with Crippen molar-refractivity contribution in [3.05, 3.63) is 29.8 Å². The van der Waals surface area contributed by atoms with E-state index in [4.69, 9.17) is 4.74 Å². The van der Waals surface area contributed by atoms with Gasteiger partial charge in [0.25, 0.3) is 0 Å². The largest absolute Gasteiger partial charge is 0.497 e. The van der Waals surface area contributed by atoms with Crippen molar-refractivity contribution >= 4 is 5.91 Å². The van der Waals surface area contributed by atoms with Crippen molar-refractivity contribution in [2.75, 3.05) is 20.2 Å². The van der Waals surface area contributed by atoms with Crippen molar-refractivity contribution in [1.29, 1.82) is 0 Å². The highest BCUT2D eigenvalue weighted by Gasteiger charge is 2.24. The minimum absolute atomic E-state index is 0.0189. The van der Waals surface area contributed by atoms with Gasteiger partial charge in [0.2, 0.25) is 5.91 Å². The molecule has 20 heavy (non-hydrogen) atoms. The maximum Gasteiger partial charge on any atom is 0.238 e. The van der Waals surface area contributed by atoms with Crippen LogP contribution in [-0.4, -0.2) is 38.2 Å². The molecule has 3 atom stereocenters. The Hall–Kier alpha value is -1.59. The van der Waals surface area contributed by atoms with Gasteiger partial charge in [-0.3, -0.25) is 4.79 Å². The molecule has 2 rings (SSSR count). The number of carbonyl (C=O) groups is 1. The lowest BCUT2D eigenvalue weighted by atomic mass is 10.1. The summed E-state index contributed by atoms with van der Waals surface area (Å²) in [6.45, 7) is 5.57. The van der Waals surface area contributed by atoms with Gasteiger partial charge in [0, 0.05) is 19.1 Å². The summed E-state index contributed by atoms with van der Waals surface area (Å²) >= 11 is 0. The first-order valence-electron chi connectivity index (χ1n) is 7.01. The molecular weight excluding hydrogens is 254 g/mol. The van der Waals surface area contributed by atoms with Crippen LogP contribution < -0.4 is 20.7 Å². The molecule has 1 aromatic rings. The Balaban J connectivity index is 1.89. The van der Waals surface area contributed by atoms with Crippen molar-refractivity contribution in [2.45, 2.75) is 32.0 Å². The van der Waals surface area contributed by atoms with Crippen molar-refractivity contribution in [3.63, 3.8) is 0 Å². The molecule has 1 aliphatic heterocycles. The van der Waals surface area contributed by atoms with E-state index in [9.17, 15) is 4.79 Å². The summed E-state index contributed by atoms with van der Waals surface area (Å²) in [6.07, 6.45) is 0. The Labute approximate surface area is 120 Å². The normalized spacial score (nSPS) is 23.9. The SMILES string of the molecule is COc1ccc(C(C)NC(=O)C2CNC(C)CN2)cc1. The fraction of sp³-hybridized carbons (Fsp3) is 0.533. The molecule has 0 aromatic heterocycles. The number of hydrogen-bond acceptors (Lipinski definition) is 4. The number of ether oxygens (including phenoxy) is 1. The zero-order valence-electron chi connectivity index (χ0n) is 12.3. The molecule has 110 valence electrons. The number of nitrogens with one attached hydrogen (secondary N) is 3.